The highest BCUT2D eigenvalue weighted by Gasteiger charge is 2.21. The number of carbonyl (C=O) groups excluding carboxylic acids is 1. The van der Waals surface area contributed by atoms with Gasteiger partial charge in [-0.3, -0.25) is 9.78 Å². The average molecular weight is 398 g/mol. The summed E-state index contributed by atoms with van der Waals surface area (Å²) in [6, 6.07) is 5.62. The number of hydrogen-bond acceptors (Lipinski definition) is 7. The van der Waals surface area contributed by atoms with Gasteiger partial charge < -0.3 is 13.7 Å². The summed E-state index contributed by atoms with van der Waals surface area (Å²) < 4.78 is 13.6. The van der Waals surface area contributed by atoms with Crippen molar-refractivity contribution in [2.45, 2.75) is 44.6 Å². The molecule has 0 bridgehead atoms. The fourth-order valence-corrected chi connectivity index (χ4v) is 4.08. The average Bonchev–Trinajstić information content (AvgIpc) is 3.45. The van der Waals surface area contributed by atoms with E-state index in [1.807, 2.05) is 32.0 Å². The van der Waals surface area contributed by atoms with Crippen LogP contribution in [0.15, 0.2) is 40.2 Å². The molecule has 1 aliphatic rings. The molecule has 3 aromatic rings. The van der Waals surface area contributed by atoms with E-state index in [0.29, 0.717) is 11.1 Å². The van der Waals surface area contributed by atoms with Crippen LogP contribution in [0.25, 0.3) is 11.5 Å². The number of ether oxygens (including phenoxy) is 1. The minimum Gasteiger partial charge on any atom is -0.411 e. The van der Waals surface area contributed by atoms with Crippen LogP contribution in [-0.4, -0.2) is 44.0 Å². The number of pyridine rings is 1. The Bertz CT molecular complexity index is 961. The molecule has 1 aliphatic heterocycles. The fourth-order valence-electron chi connectivity index (χ4n) is 3.44. The van der Waals surface area contributed by atoms with Crippen LogP contribution in [0.2, 0.25) is 0 Å². The maximum atomic E-state index is 12.8. The lowest BCUT2D eigenvalue weighted by molar-refractivity contribution is 0.0957. The number of hydrogen-bond donors (Lipinski definition) is 0. The van der Waals surface area contributed by atoms with Crippen molar-refractivity contribution in [3.8, 4) is 11.5 Å². The molecule has 1 saturated heterocycles. The Kier molecular flexibility index (Phi) is 5.59. The standard InChI is InChI=1S/C20H22N4O3S/c1-13-9-17(14(2)24(13)11-16-6-4-8-26-16)18(25)12-28-20-23-22-19(27-20)15-5-3-7-21-10-15/h3,5,7,9-10,16H,4,6,8,11-12H2,1-2H3/t16-/m1/s1. The van der Waals surface area contributed by atoms with Gasteiger partial charge in [0.2, 0.25) is 5.89 Å². The summed E-state index contributed by atoms with van der Waals surface area (Å²) in [5.74, 6) is 0.703. The predicted molar refractivity (Wildman–Crippen MR) is 105 cm³/mol. The molecule has 0 N–H and O–H groups in total. The molecule has 0 amide bonds. The number of thioether (sulfide) groups is 1. The third-order valence-corrected chi connectivity index (χ3v) is 5.74. The minimum atomic E-state index is 0.0535. The lowest BCUT2D eigenvalue weighted by Crippen LogP contribution is -2.17. The van der Waals surface area contributed by atoms with Crippen molar-refractivity contribution >= 4 is 17.5 Å². The molecule has 28 heavy (non-hydrogen) atoms. The monoisotopic (exact) mass is 398 g/mol. The van der Waals surface area contributed by atoms with Gasteiger partial charge in [-0.15, -0.1) is 10.2 Å². The first-order valence-corrected chi connectivity index (χ1v) is 10.3. The first-order valence-electron chi connectivity index (χ1n) is 9.30. The van der Waals surface area contributed by atoms with Gasteiger partial charge in [0.25, 0.3) is 5.22 Å². The lowest BCUT2D eigenvalue weighted by atomic mass is 10.2. The van der Waals surface area contributed by atoms with Crippen LogP contribution in [0.5, 0.6) is 0 Å². The molecule has 0 aliphatic carbocycles. The van der Waals surface area contributed by atoms with Crippen molar-refractivity contribution in [2.75, 3.05) is 12.4 Å². The van der Waals surface area contributed by atoms with Crippen molar-refractivity contribution in [3.05, 3.63) is 47.5 Å². The van der Waals surface area contributed by atoms with Gasteiger partial charge >= 0.3 is 0 Å². The number of carbonyl (C=O) groups is 1. The third-order valence-electron chi connectivity index (χ3n) is 4.93. The Hall–Kier alpha value is -2.45. The SMILES string of the molecule is Cc1cc(C(=O)CSc2nnc(-c3cccnc3)o2)c(C)n1C[C@H]1CCCO1. The number of nitrogens with zero attached hydrogens (tertiary/aromatic N) is 4. The first-order chi connectivity index (χ1) is 13.6. The van der Waals surface area contributed by atoms with Crippen molar-refractivity contribution in [1.29, 1.82) is 0 Å². The first kappa shape index (κ1) is 18.9. The second kappa shape index (κ2) is 8.28. The van der Waals surface area contributed by atoms with E-state index in [0.717, 1.165) is 48.5 Å². The topological polar surface area (TPSA) is 83.0 Å². The van der Waals surface area contributed by atoms with E-state index < -0.39 is 0 Å². The van der Waals surface area contributed by atoms with Crippen molar-refractivity contribution in [2.24, 2.45) is 0 Å². The summed E-state index contributed by atoms with van der Waals surface area (Å²) in [6.07, 6.45) is 5.77. The zero-order chi connectivity index (χ0) is 19.5. The third kappa shape index (κ3) is 4.02. The van der Waals surface area contributed by atoms with Gasteiger partial charge in [0.15, 0.2) is 5.78 Å². The Morgan fingerprint density at radius 2 is 2.25 bits per heavy atom. The second-order valence-electron chi connectivity index (χ2n) is 6.86. The van der Waals surface area contributed by atoms with Gasteiger partial charge in [-0.05, 0) is 44.9 Å². The van der Waals surface area contributed by atoms with Crippen LogP contribution in [0.1, 0.15) is 34.6 Å². The molecule has 3 aromatic heterocycles. The highest BCUT2D eigenvalue weighted by Crippen LogP contribution is 2.25. The quantitative estimate of drug-likeness (QED) is 0.443. The smallest absolute Gasteiger partial charge is 0.277 e. The molecule has 0 radical (unpaired) electrons. The molecule has 0 unspecified atom stereocenters. The zero-order valence-corrected chi connectivity index (χ0v) is 16.7. The van der Waals surface area contributed by atoms with Crippen LogP contribution >= 0.6 is 11.8 Å². The number of aromatic nitrogens is 4. The molecule has 7 nitrogen and oxygen atoms in total. The number of ketones is 1. The Morgan fingerprint density at radius 1 is 1.36 bits per heavy atom. The fraction of sp³-hybridized carbons (Fsp3) is 0.400. The van der Waals surface area contributed by atoms with E-state index in [2.05, 4.69) is 19.7 Å². The summed E-state index contributed by atoms with van der Waals surface area (Å²) >= 11 is 1.25. The molecule has 4 heterocycles. The van der Waals surface area contributed by atoms with Gasteiger partial charge in [-0.1, -0.05) is 11.8 Å². The highest BCUT2D eigenvalue weighted by atomic mass is 32.2. The van der Waals surface area contributed by atoms with Crippen LogP contribution in [0.3, 0.4) is 0 Å². The van der Waals surface area contributed by atoms with E-state index in [-0.39, 0.29) is 17.6 Å². The Labute approximate surface area is 167 Å². The zero-order valence-electron chi connectivity index (χ0n) is 15.9. The maximum Gasteiger partial charge on any atom is 0.277 e. The Balaban J connectivity index is 1.41. The van der Waals surface area contributed by atoms with Gasteiger partial charge in [0, 0.05) is 42.5 Å². The van der Waals surface area contributed by atoms with Crippen molar-refractivity contribution in [3.63, 3.8) is 0 Å². The van der Waals surface area contributed by atoms with Gasteiger partial charge in [-0.2, -0.15) is 0 Å². The van der Waals surface area contributed by atoms with Crippen molar-refractivity contribution in [1.82, 2.24) is 19.7 Å². The van der Waals surface area contributed by atoms with E-state index >= 15 is 0 Å². The second-order valence-corrected chi connectivity index (χ2v) is 7.78. The number of Topliss-reactive ketones (excluding diaryl/α,β-unsaturated/α-hetero) is 1. The molecule has 0 saturated carbocycles. The molecular weight excluding hydrogens is 376 g/mol. The molecule has 146 valence electrons. The number of rotatable bonds is 7. The largest absolute Gasteiger partial charge is 0.411 e. The molecule has 0 spiro atoms. The van der Waals surface area contributed by atoms with E-state index in [1.165, 1.54) is 11.8 Å². The molecule has 8 heteroatoms. The van der Waals surface area contributed by atoms with E-state index in [1.54, 1.807) is 12.4 Å². The van der Waals surface area contributed by atoms with Gasteiger partial charge in [-0.25, -0.2) is 0 Å². The summed E-state index contributed by atoms with van der Waals surface area (Å²) in [5.41, 5.74) is 3.57. The predicted octanol–water partition coefficient (Wildman–Crippen LogP) is 3.70. The van der Waals surface area contributed by atoms with Crippen molar-refractivity contribution < 1.29 is 13.9 Å². The highest BCUT2D eigenvalue weighted by molar-refractivity contribution is 7.99. The van der Waals surface area contributed by atoms with Crippen LogP contribution in [-0.2, 0) is 11.3 Å². The molecule has 1 atom stereocenters. The minimum absolute atomic E-state index is 0.0535. The summed E-state index contributed by atoms with van der Waals surface area (Å²) in [4.78, 5) is 16.8. The molecule has 0 aromatic carbocycles. The summed E-state index contributed by atoms with van der Waals surface area (Å²) in [6.45, 7) is 5.66. The van der Waals surface area contributed by atoms with Crippen LogP contribution in [0.4, 0.5) is 0 Å². The lowest BCUT2D eigenvalue weighted by Gasteiger charge is -2.14. The maximum absolute atomic E-state index is 12.8. The normalized spacial score (nSPS) is 16.6. The summed E-state index contributed by atoms with van der Waals surface area (Å²) in [5, 5.41) is 8.42. The van der Waals surface area contributed by atoms with E-state index in [4.69, 9.17) is 9.15 Å². The number of aryl methyl sites for hydroxylation is 1. The molecule has 4 rings (SSSR count). The Morgan fingerprint density at radius 3 is 3.00 bits per heavy atom. The van der Waals surface area contributed by atoms with Crippen LogP contribution in [0, 0.1) is 13.8 Å². The molecular formula is C20H22N4O3S. The van der Waals surface area contributed by atoms with E-state index in [9.17, 15) is 4.79 Å². The van der Waals surface area contributed by atoms with Gasteiger partial charge in [0.05, 0.1) is 17.4 Å². The van der Waals surface area contributed by atoms with Gasteiger partial charge in [0.1, 0.15) is 0 Å². The summed E-state index contributed by atoms with van der Waals surface area (Å²) in [7, 11) is 0. The van der Waals surface area contributed by atoms with Crippen LogP contribution < -0.4 is 0 Å². The molecule has 1 fully saturated rings.